The summed E-state index contributed by atoms with van der Waals surface area (Å²) in [6.45, 7) is 1.74. The molecule has 16 heavy (non-hydrogen) atoms. The molecule has 1 aliphatic rings. The molecule has 0 heterocycles. The van der Waals surface area contributed by atoms with Crippen molar-refractivity contribution in [3.63, 3.8) is 0 Å². The minimum absolute atomic E-state index is 0. The lowest BCUT2D eigenvalue weighted by Gasteiger charge is -2.32. The standard InChI is InChI=1S/C12H15ClFN.ClH/c1-7-5-6-9(13)10(11(7)14)12(15)8-3-2-4-8;/h5-6,8,12H,2-4,15H2,1H3;1H/t12-;/m0./s1. The van der Waals surface area contributed by atoms with Gasteiger partial charge in [0.25, 0.3) is 0 Å². The van der Waals surface area contributed by atoms with Crippen molar-refractivity contribution in [2.45, 2.75) is 32.2 Å². The Hall–Kier alpha value is -0.310. The van der Waals surface area contributed by atoms with E-state index in [1.165, 1.54) is 6.42 Å². The monoisotopic (exact) mass is 263 g/mol. The van der Waals surface area contributed by atoms with Crippen LogP contribution >= 0.6 is 24.0 Å². The van der Waals surface area contributed by atoms with Gasteiger partial charge in [-0.05, 0) is 37.3 Å². The average molecular weight is 264 g/mol. The predicted octanol–water partition coefficient (Wildman–Crippen LogP) is 4.01. The largest absolute Gasteiger partial charge is 0.324 e. The van der Waals surface area contributed by atoms with Crippen LogP contribution in [0, 0.1) is 18.7 Å². The van der Waals surface area contributed by atoms with Crippen LogP contribution in [0.5, 0.6) is 0 Å². The summed E-state index contributed by atoms with van der Waals surface area (Å²) in [5.74, 6) is 0.167. The first-order chi connectivity index (χ1) is 7.11. The molecule has 0 radical (unpaired) electrons. The molecule has 0 aliphatic heterocycles. The number of rotatable bonds is 2. The van der Waals surface area contributed by atoms with Crippen molar-refractivity contribution in [1.82, 2.24) is 0 Å². The molecule has 1 fully saturated rings. The number of hydrogen-bond donors (Lipinski definition) is 1. The molecule has 2 rings (SSSR count). The van der Waals surface area contributed by atoms with Gasteiger partial charge in [-0.15, -0.1) is 12.4 Å². The fraction of sp³-hybridized carbons (Fsp3) is 0.500. The van der Waals surface area contributed by atoms with Gasteiger partial charge in [-0.2, -0.15) is 0 Å². The highest BCUT2D eigenvalue weighted by Gasteiger charge is 2.29. The van der Waals surface area contributed by atoms with Crippen molar-refractivity contribution in [1.29, 1.82) is 0 Å². The molecule has 1 aromatic carbocycles. The SMILES string of the molecule is Cc1ccc(Cl)c([C@@H](N)C2CCC2)c1F.Cl. The van der Waals surface area contributed by atoms with Crippen LogP contribution in [0.2, 0.25) is 5.02 Å². The molecule has 0 saturated heterocycles. The van der Waals surface area contributed by atoms with Crippen molar-refractivity contribution in [3.05, 3.63) is 34.1 Å². The van der Waals surface area contributed by atoms with E-state index in [0.29, 0.717) is 22.1 Å². The van der Waals surface area contributed by atoms with Crippen LogP contribution in [0.4, 0.5) is 4.39 Å². The van der Waals surface area contributed by atoms with Gasteiger partial charge in [0, 0.05) is 16.6 Å². The Balaban J connectivity index is 0.00000128. The fourth-order valence-corrected chi connectivity index (χ4v) is 2.29. The maximum absolute atomic E-state index is 13.9. The summed E-state index contributed by atoms with van der Waals surface area (Å²) in [4.78, 5) is 0. The zero-order valence-corrected chi connectivity index (χ0v) is 10.7. The summed E-state index contributed by atoms with van der Waals surface area (Å²) in [7, 11) is 0. The molecule has 0 amide bonds. The number of hydrogen-bond acceptors (Lipinski definition) is 1. The molecular weight excluding hydrogens is 248 g/mol. The summed E-state index contributed by atoms with van der Waals surface area (Å²) in [5.41, 5.74) is 7.16. The Kier molecular flexibility index (Phi) is 4.60. The Morgan fingerprint density at radius 3 is 2.56 bits per heavy atom. The van der Waals surface area contributed by atoms with E-state index in [4.69, 9.17) is 17.3 Å². The van der Waals surface area contributed by atoms with E-state index < -0.39 is 0 Å². The van der Waals surface area contributed by atoms with E-state index >= 15 is 0 Å². The molecule has 1 aromatic rings. The smallest absolute Gasteiger partial charge is 0.132 e. The molecule has 0 spiro atoms. The van der Waals surface area contributed by atoms with Gasteiger partial charge in [0.1, 0.15) is 5.82 Å². The number of nitrogens with two attached hydrogens (primary N) is 1. The van der Waals surface area contributed by atoms with Gasteiger partial charge in [0.15, 0.2) is 0 Å². The molecule has 0 aromatic heterocycles. The highest BCUT2D eigenvalue weighted by molar-refractivity contribution is 6.31. The van der Waals surface area contributed by atoms with Gasteiger partial charge in [0.2, 0.25) is 0 Å². The maximum Gasteiger partial charge on any atom is 0.132 e. The molecule has 1 aliphatic carbocycles. The van der Waals surface area contributed by atoms with Crippen LogP contribution in [-0.2, 0) is 0 Å². The summed E-state index contributed by atoms with van der Waals surface area (Å²) in [5, 5.41) is 0.456. The topological polar surface area (TPSA) is 26.0 Å². The van der Waals surface area contributed by atoms with E-state index in [9.17, 15) is 4.39 Å². The Bertz CT molecular complexity index is 378. The highest BCUT2D eigenvalue weighted by atomic mass is 35.5. The quantitative estimate of drug-likeness (QED) is 0.858. The molecule has 4 heteroatoms. The molecule has 1 atom stereocenters. The Morgan fingerprint density at radius 2 is 2.06 bits per heavy atom. The zero-order valence-electron chi connectivity index (χ0n) is 9.17. The van der Waals surface area contributed by atoms with Crippen LogP contribution in [0.25, 0.3) is 0 Å². The van der Waals surface area contributed by atoms with Crippen LogP contribution in [0.15, 0.2) is 12.1 Å². The van der Waals surface area contributed by atoms with E-state index in [0.717, 1.165) is 12.8 Å². The minimum atomic E-state index is -0.244. The second kappa shape index (κ2) is 5.35. The van der Waals surface area contributed by atoms with Crippen molar-refractivity contribution in [3.8, 4) is 0 Å². The van der Waals surface area contributed by atoms with Gasteiger partial charge in [-0.25, -0.2) is 4.39 Å². The van der Waals surface area contributed by atoms with Crippen molar-refractivity contribution < 1.29 is 4.39 Å². The van der Waals surface area contributed by atoms with Gasteiger partial charge in [0.05, 0.1) is 0 Å². The molecule has 1 nitrogen and oxygen atoms in total. The van der Waals surface area contributed by atoms with Crippen LogP contribution in [-0.4, -0.2) is 0 Å². The number of benzene rings is 1. The lowest BCUT2D eigenvalue weighted by Crippen LogP contribution is -2.28. The number of aryl methyl sites for hydroxylation is 1. The lowest BCUT2D eigenvalue weighted by molar-refractivity contribution is 0.260. The van der Waals surface area contributed by atoms with Crippen molar-refractivity contribution in [2.24, 2.45) is 11.7 Å². The first kappa shape index (κ1) is 13.8. The van der Waals surface area contributed by atoms with Gasteiger partial charge in [-0.1, -0.05) is 24.1 Å². The molecule has 0 unspecified atom stereocenters. The van der Waals surface area contributed by atoms with E-state index in [-0.39, 0.29) is 24.3 Å². The third-order valence-corrected chi connectivity index (χ3v) is 3.64. The third kappa shape index (κ3) is 2.34. The first-order valence-electron chi connectivity index (χ1n) is 5.31. The predicted molar refractivity (Wildman–Crippen MR) is 67.7 cm³/mol. The first-order valence-corrected chi connectivity index (χ1v) is 5.69. The van der Waals surface area contributed by atoms with Crippen molar-refractivity contribution in [2.75, 3.05) is 0 Å². The molecular formula is C12H16Cl2FN. The molecule has 90 valence electrons. The Labute approximate surface area is 107 Å². The van der Waals surface area contributed by atoms with Crippen LogP contribution in [0.1, 0.15) is 36.4 Å². The highest BCUT2D eigenvalue weighted by Crippen LogP contribution is 2.39. The normalized spacial score (nSPS) is 17.5. The summed E-state index contributed by atoms with van der Waals surface area (Å²) in [6.07, 6.45) is 3.37. The van der Waals surface area contributed by atoms with Crippen LogP contribution in [0.3, 0.4) is 0 Å². The molecule has 2 N–H and O–H groups in total. The summed E-state index contributed by atoms with van der Waals surface area (Å²) in [6, 6.07) is 3.17. The van der Waals surface area contributed by atoms with E-state index in [2.05, 4.69) is 0 Å². The fourth-order valence-electron chi connectivity index (χ4n) is 2.02. The van der Waals surface area contributed by atoms with Gasteiger partial charge >= 0.3 is 0 Å². The van der Waals surface area contributed by atoms with Crippen molar-refractivity contribution >= 4 is 24.0 Å². The lowest BCUT2D eigenvalue weighted by atomic mass is 9.77. The maximum atomic E-state index is 13.9. The van der Waals surface area contributed by atoms with Gasteiger partial charge < -0.3 is 5.73 Å². The summed E-state index contributed by atoms with van der Waals surface area (Å²) >= 11 is 6.00. The Morgan fingerprint density at radius 1 is 1.44 bits per heavy atom. The summed E-state index contributed by atoms with van der Waals surface area (Å²) < 4.78 is 13.9. The van der Waals surface area contributed by atoms with Gasteiger partial charge in [-0.3, -0.25) is 0 Å². The second-order valence-corrected chi connectivity index (χ2v) is 4.72. The molecule has 0 bridgehead atoms. The van der Waals surface area contributed by atoms with E-state index in [1.54, 1.807) is 19.1 Å². The second-order valence-electron chi connectivity index (χ2n) is 4.31. The average Bonchev–Trinajstić information content (AvgIpc) is 2.09. The number of halogens is 3. The third-order valence-electron chi connectivity index (χ3n) is 3.31. The molecule has 1 saturated carbocycles. The van der Waals surface area contributed by atoms with E-state index in [1.807, 2.05) is 0 Å². The minimum Gasteiger partial charge on any atom is -0.324 e. The zero-order chi connectivity index (χ0) is 11.0. The van der Waals surface area contributed by atoms with Crippen LogP contribution < -0.4 is 5.73 Å².